The fraction of sp³-hybridized carbons (Fsp3) is 0.136. The fourth-order valence-electron chi connectivity index (χ4n) is 2.78. The van der Waals surface area contributed by atoms with E-state index in [0.717, 1.165) is 5.56 Å². The van der Waals surface area contributed by atoms with Crippen LogP contribution in [0.4, 0.5) is 13.2 Å². The Hall–Kier alpha value is -3.48. The second-order valence-corrected chi connectivity index (χ2v) is 6.28. The molecule has 0 saturated carbocycles. The number of halogens is 3. The molecule has 0 aliphatic carbocycles. The first-order chi connectivity index (χ1) is 13.8. The number of rotatable bonds is 7. The lowest BCUT2D eigenvalue weighted by Crippen LogP contribution is -2.16. The highest BCUT2D eigenvalue weighted by molar-refractivity contribution is 5.73. The molecule has 7 heteroatoms. The van der Waals surface area contributed by atoms with Gasteiger partial charge in [-0.25, -0.2) is 0 Å². The summed E-state index contributed by atoms with van der Waals surface area (Å²) in [7, 11) is 0. The van der Waals surface area contributed by atoms with Gasteiger partial charge in [0.1, 0.15) is 18.1 Å². The highest BCUT2D eigenvalue weighted by Gasteiger charge is 2.30. The van der Waals surface area contributed by atoms with Crippen molar-refractivity contribution in [2.24, 2.45) is 0 Å². The highest BCUT2D eigenvalue weighted by Crippen LogP contribution is 2.30. The lowest BCUT2D eigenvalue weighted by atomic mass is 10.0. The molecule has 0 aliphatic rings. The van der Waals surface area contributed by atoms with Gasteiger partial charge in [0.2, 0.25) is 0 Å². The van der Waals surface area contributed by atoms with Gasteiger partial charge in [-0.1, -0.05) is 48.5 Å². The maximum Gasteiger partial charge on any atom is 0.573 e. The van der Waals surface area contributed by atoms with Crippen molar-refractivity contribution < 1.29 is 32.5 Å². The number of carboxylic acids is 1. The Labute approximate surface area is 165 Å². The van der Waals surface area contributed by atoms with Crippen LogP contribution in [0, 0.1) is 0 Å². The minimum absolute atomic E-state index is 0.204. The van der Waals surface area contributed by atoms with E-state index < -0.39 is 12.3 Å². The van der Waals surface area contributed by atoms with Gasteiger partial charge in [0, 0.05) is 0 Å². The molecule has 0 amide bonds. The van der Waals surface area contributed by atoms with Crippen LogP contribution in [0.5, 0.6) is 11.5 Å². The van der Waals surface area contributed by atoms with Crippen LogP contribution in [0.1, 0.15) is 11.1 Å². The molecule has 150 valence electrons. The molecule has 0 aromatic heterocycles. The van der Waals surface area contributed by atoms with E-state index in [-0.39, 0.29) is 12.2 Å². The standard InChI is InChI=1S/C22H17F3O4/c23-22(24,25)29-19-8-6-17(7-9-19)18-10-16(12-21(26)27)11-20(13-18)28-14-15-4-2-1-3-5-15/h1-11,13H,12,14H2,(H,26,27). The van der Waals surface area contributed by atoms with E-state index in [1.807, 2.05) is 30.3 Å². The minimum Gasteiger partial charge on any atom is -0.489 e. The van der Waals surface area contributed by atoms with Crippen LogP contribution < -0.4 is 9.47 Å². The predicted octanol–water partition coefficient (Wildman–Crippen LogP) is 5.46. The quantitative estimate of drug-likeness (QED) is 0.570. The summed E-state index contributed by atoms with van der Waals surface area (Å²) < 4.78 is 46.6. The summed E-state index contributed by atoms with van der Waals surface area (Å²) in [4.78, 5) is 11.1. The molecule has 4 nitrogen and oxygen atoms in total. The Kier molecular flexibility index (Phi) is 6.07. The molecular weight excluding hydrogens is 385 g/mol. The second-order valence-electron chi connectivity index (χ2n) is 6.28. The van der Waals surface area contributed by atoms with E-state index in [1.54, 1.807) is 18.2 Å². The van der Waals surface area contributed by atoms with Crippen molar-refractivity contribution in [3.63, 3.8) is 0 Å². The first kappa shape index (κ1) is 20.3. The summed E-state index contributed by atoms with van der Waals surface area (Å²) in [5.74, 6) is -0.855. The summed E-state index contributed by atoms with van der Waals surface area (Å²) in [5, 5.41) is 9.11. The van der Waals surface area contributed by atoms with Gasteiger partial charge in [-0.05, 0) is 46.5 Å². The first-order valence-corrected chi connectivity index (χ1v) is 8.67. The fourth-order valence-corrected chi connectivity index (χ4v) is 2.78. The van der Waals surface area contributed by atoms with Gasteiger partial charge in [0.05, 0.1) is 6.42 Å². The molecule has 3 aromatic rings. The van der Waals surface area contributed by atoms with E-state index in [4.69, 9.17) is 9.84 Å². The minimum atomic E-state index is -4.76. The number of benzene rings is 3. The summed E-state index contributed by atoms with van der Waals surface area (Å²) in [6.07, 6.45) is -4.97. The second kappa shape index (κ2) is 8.68. The summed E-state index contributed by atoms with van der Waals surface area (Å²) in [6.45, 7) is 0.301. The monoisotopic (exact) mass is 402 g/mol. The molecule has 0 aliphatic heterocycles. The van der Waals surface area contributed by atoms with Gasteiger partial charge in [-0.15, -0.1) is 13.2 Å². The van der Waals surface area contributed by atoms with Crippen LogP contribution in [0.2, 0.25) is 0 Å². The third kappa shape index (κ3) is 6.27. The maximum atomic E-state index is 12.3. The molecule has 0 radical (unpaired) electrons. The molecule has 0 unspecified atom stereocenters. The van der Waals surface area contributed by atoms with E-state index in [9.17, 15) is 18.0 Å². The lowest BCUT2D eigenvalue weighted by molar-refractivity contribution is -0.274. The molecule has 29 heavy (non-hydrogen) atoms. The molecule has 0 bridgehead atoms. The van der Waals surface area contributed by atoms with Crippen molar-refractivity contribution in [2.75, 3.05) is 0 Å². The van der Waals surface area contributed by atoms with Crippen molar-refractivity contribution in [1.29, 1.82) is 0 Å². The molecule has 3 aromatic carbocycles. The molecule has 0 heterocycles. The van der Waals surface area contributed by atoms with E-state index in [1.165, 1.54) is 24.3 Å². The predicted molar refractivity (Wildman–Crippen MR) is 101 cm³/mol. The Bertz CT molecular complexity index is 968. The van der Waals surface area contributed by atoms with Crippen molar-refractivity contribution in [3.8, 4) is 22.6 Å². The highest BCUT2D eigenvalue weighted by atomic mass is 19.4. The Morgan fingerprint density at radius 1 is 0.828 bits per heavy atom. The Morgan fingerprint density at radius 2 is 1.52 bits per heavy atom. The van der Waals surface area contributed by atoms with Crippen LogP contribution >= 0.6 is 0 Å². The van der Waals surface area contributed by atoms with Crippen molar-refractivity contribution in [3.05, 3.63) is 83.9 Å². The number of ether oxygens (including phenoxy) is 2. The average Bonchev–Trinajstić information content (AvgIpc) is 2.66. The van der Waals surface area contributed by atoms with Gasteiger partial charge in [0.25, 0.3) is 0 Å². The Balaban J connectivity index is 1.85. The largest absolute Gasteiger partial charge is 0.573 e. The molecule has 3 rings (SSSR count). The smallest absolute Gasteiger partial charge is 0.489 e. The summed E-state index contributed by atoms with van der Waals surface area (Å²) in [5.41, 5.74) is 2.71. The van der Waals surface area contributed by atoms with Crippen molar-refractivity contribution in [2.45, 2.75) is 19.4 Å². The van der Waals surface area contributed by atoms with E-state index >= 15 is 0 Å². The van der Waals surface area contributed by atoms with Crippen LogP contribution in [0.3, 0.4) is 0 Å². The number of carboxylic acid groups (broad SMARTS) is 1. The third-order valence-electron chi connectivity index (χ3n) is 3.99. The topological polar surface area (TPSA) is 55.8 Å². The lowest BCUT2D eigenvalue weighted by Gasteiger charge is -2.12. The number of carbonyl (C=O) groups is 1. The average molecular weight is 402 g/mol. The molecule has 0 spiro atoms. The van der Waals surface area contributed by atoms with Gasteiger partial charge < -0.3 is 14.6 Å². The number of hydrogen-bond acceptors (Lipinski definition) is 3. The van der Waals surface area contributed by atoms with Gasteiger partial charge in [-0.3, -0.25) is 4.79 Å². The molecule has 0 saturated heterocycles. The van der Waals surface area contributed by atoms with Crippen molar-refractivity contribution >= 4 is 5.97 Å². The van der Waals surface area contributed by atoms with Gasteiger partial charge in [0.15, 0.2) is 0 Å². The molecular formula is C22H17F3O4. The zero-order chi connectivity index (χ0) is 20.9. The molecule has 1 N–H and O–H groups in total. The van der Waals surface area contributed by atoms with Crippen LogP contribution in [-0.4, -0.2) is 17.4 Å². The van der Waals surface area contributed by atoms with Crippen LogP contribution in [-0.2, 0) is 17.8 Å². The van der Waals surface area contributed by atoms with Crippen LogP contribution in [0.25, 0.3) is 11.1 Å². The van der Waals surface area contributed by atoms with E-state index in [2.05, 4.69) is 4.74 Å². The zero-order valence-corrected chi connectivity index (χ0v) is 15.1. The van der Waals surface area contributed by atoms with E-state index in [0.29, 0.717) is 29.0 Å². The molecule has 0 fully saturated rings. The summed E-state index contributed by atoms with van der Waals surface area (Å²) >= 11 is 0. The SMILES string of the molecule is O=C(O)Cc1cc(OCc2ccccc2)cc(-c2ccc(OC(F)(F)F)cc2)c1. The zero-order valence-electron chi connectivity index (χ0n) is 15.1. The number of alkyl halides is 3. The number of hydrogen-bond donors (Lipinski definition) is 1. The summed E-state index contributed by atoms with van der Waals surface area (Å²) in [6, 6.07) is 19.9. The third-order valence-corrected chi connectivity index (χ3v) is 3.99. The normalized spacial score (nSPS) is 11.1. The van der Waals surface area contributed by atoms with Gasteiger partial charge >= 0.3 is 12.3 Å². The Morgan fingerprint density at radius 3 is 2.14 bits per heavy atom. The van der Waals surface area contributed by atoms with Crippen molar-refractivity contribution in [1.82, 2.24) is 0 Å². The van der Waals surface area contributed by atoms with Gasteiger partial charge in [-0.2, -0.15) is 0 Å². The number of aliphatic carboxylic acids is 1. The molecule has 0 atom stereocenters. The van der Waals surface area contributed by atoms with Crippen LogP contribution in [0.15, 0.2) is 72.8 Å². The first-order valence-electron chi connectivity index (χ1n) is 8.67. The maximum absolute atomic E-state index is 12.3.